The number of benzene rings is 2. The molecule has 0 saturated heterocycles. The molecule has 1 atom stereocenters. The Bertz CT molecular complexity index is 1220. The molecule has 0 saturated carbocycles. The van der Waals surface area contributed by atoms with Crippen LogP contribution in [0.15, 0.2) is 45.6 Å². The van der Waals surface area contributed by atoms with Crippen molar-refractivity contribution in [2.75, 3.05) is 27.2 Å². The van der Waals surface area contributed by atoms with Crippen LogP contribution in [0.5, 0.6) is 0 Å². The first-order valence-electron chi connectivity index (χ1n) is 11.5. The van der Waals surface area contributed by atoms with E-state index in [1.54, 1.807) is 0 Å². The predicted octanol–water partition coefficient (Wildman–Crippen LogP) is 3.61. The van der Waals surface area contributed by atoms with Crippen molar-refractivity contribution >= 4 is 16.9 Å². The molecular weight excluding hydrogens is 400 g/mol. The number of aryl methyl sites for hydroxylation is 2. The lowest BCUT2D eigenvalue weighted by atomic mass is 9.95. The van der Waals surface area contributed by atoms with E-state index < -0.39 is 6.04 Å². The highest BCUT2D eigenvalue weighted by atomic mass is 16.3. The third-order valence-electron chi connectivity index (χ3n) is 6.58. The maximum absolute atomic E-state index is 13.7. The number of hydrogen-bond acceptors (Lipinski definition) is 3. The highest BCUT2D eigenvalue weighted by Gasteiger charge is 2.42. The van der Waals surface area contributed by atoms with Crippen molar-refractivity contribution in [1.82, 2.24) is 4.90 Å². The molecule has 0 unspecified atom stereocenters. The molecule has 1 aliphatic rings. The lowest BCUT2D eigenvalue weighted by molar-refractivity contribution is -0.858. The molecule has 0 bridgehead atoms. The quantitative estimate of drug-likeness (QED) is 0.646. The van der Waals surface area contributed by atoms with Crippen molar-refractivity contribution in [1.29, 1.82) is 0 Å². The average molecular weight is 434 g/mol. The van der Waals surface area contributed by atoms with E-state index in [9.17, 15) is 9.59 Å². The molecule has 168 valence electrons. The summed E-state index contributed by atoms with van der Waals surface area (Å²) in [4.78, 5) is 30.3. The van der Waals surface area contributed by atoms with Crippen LogP contribution in [-0.2, 0) is 0 Å². The molecule has 5 nitrogen and oxygen atoms in total. The molecule has 2 aromatic carbocycles. The van der Waals surface area contributed by atoms with Crippen LogP contribution in [0.1, 0.15) is 70.6 Å². The maximum atomic E-state index is 13.7. The Hall–Kier alpha value is -2.92. The van der Waals surface area contributed by atoms with Crippen LogP contribution in [0.2, 0.25) is 0 Å². The van der Waals surface area contributed by atoms with Gasteiger partial charge in [-0.2, -0.15) is 0 Å². The number of carbonyl (C=O) groups excluding carboxylic acids is 1. The van der Waals surface area contributed by atoms with E-state index in [2.05, 4.69) is 52.2 Å². The summed E-state index contributed by atoms with van der Waals surface area (Å²) in [7, 11) is 4.20. The van der Waals surface area contributed by atoms with Crippen molar-refractivity contribution in [3.63, 3.8) is 0 Å². The third kappa shape index (κ3) is 3.86. The van der Waals surface area contributed by atoms with Crippen molar-refractivity contribution < 1.29 is 14.1 Å². The number of nitrogens with one attached hydrogen (secondary N) is 1. The fourth-order valence-electron chi connectivity index (χ4n) is 4.52. The van der Waals surface area contributed by atoms with Gasteiger partial charge in [-0.05, 0) is 54.2 Å². The summed E-state index contributed by atoms with van der Waals surface area (Å²) in [6, 6.07) is 11.6. The van der Waals surface area contributed by atoms with Gasteiger partial charge in [-0.15, -0.1) is 0 Å². The van der Waals surface area contributed by atoms with E-state index in [0.29, 0.717) is 29.0 Å². The number of amides is 1. The Kier molecular flexibility index (Phi) is 5.95. The van der Waals surface area contributed by atoms with Crippen molar-refractivity contribution in [3.05, 3.63) is 80.2 Å². The lowest BCUT2D eigenvalue weighted by Gasteiger charge is -2.25. The normalized spacial score (nSPS) is 15.9. The number of carbonyl (C=O) groups is 1. The highest BCUT2D eigenvalue weighted by Crippen LogP contribution is 2.38. The molecule has 0 aliphatic carbocycles. The topological polar surface area (TPSA) is 55.0 Å². The SMILES string of the molecule is Cc1cc2oc3c(c(=O)c2cc1C)[C@H](c1ccc(C(C)C)cc1)N(CCC[NH+](C)C)C3=O. The van der Waals surface area contributed by atoms with Gasteiger partial charge in [-0.1, -0.05) is 38.1 Å². The van der Waals surface area contributed by atoms with Gasteiger partial charge in [0.05, 0.1) is 37.6 Å². The number of fused-ring (bicyclic) bond motifs is 2. The Labute approximate surface area is 189 Å². The summed E-state index contributed by atoms with van der Waals surface area (Å²) in [5.74, 6) is 0.422. The monoisotopic (exact) mass is 433 g/mol. The third-order valence-corrected chi connectivity index (χ3v) is 6.58. The van der Waals surface area contributed by atoms with Gasteiger partial charge < -0.3 is 14.2 Å². The standard InChI is InChI=1S/C27H32N2O3/c1-16(2)19-8-10-20(11-9-19)24-23-25(30)21-14-17(3)18(4)15-22(21)32-26(23)27(31)29(24)13-7-12-28(5)6/h8-11,14-16,24H,7,12-13H2,1-6H3/p+1/t24-/m0/s1. The van der Waals surface area contributed by atoms with Gasteiger partial charge in [0.1, 0.15) is 5.58 Å². The highest BCUT2D eigenvalue weighted by molar-refractivity contribution is 5.99. The second-order valence-electron chi connectivity index (χ2n) is 9.64. The Morgan fingerprint density at radius 1 is 1.03 bits per heavy atom. The van der Waals surface area contributed by atoms with E-state index in [-0.39, 0.29) is 17.1 Å². The summed E-state index contributed by atoms with van der Waals surface area (Å²) in [5, 5.41) is 0.544. The number of nitrogens with zero attached hydrogens (tertiary/aromatic N) is 1. The van der Waals surface area contributed by atoms with E-state index in [4.69, 9.17) is 4.42 Å². The van der Waals surface area contributed by atoms with Crippen LogP contribution in [0, 0.1) is 13.8 Å². The lowest BCUT2D eigenvalue weighted by Crippen LogP contribution is -3.05. The Morgan fingerprint density at radius 3 is 2.31 bits per heavy atom. The molecule has 4 rings (SSSR count). The van der Waals surface area contributed by atoms with Gasteiger partial charge in [0.15, 0.2) is 5.43 Å². The molecule has 0 radical (unpaired) electrons. The van der Waals surface area contributed by atoms with Crippen molar-refractivity contribution in [2.45, 2.75) is 46.1 Å². The molecule has 5 heteroatoms. The first-order valence-corrected chi connectivity index (χ1v) is 11.5. The molecule has 1 amide bonds. The summed E-state index contributed by atoms with van der Waals surface area (Å²) in [6.45, 7) is 9.82. The van der Waals surface area contributed by atoms with Crippen LogP contribution >= 0.6 is 0 Å². The molecule has 1 aromatic heterocycles. The fraction of sp³-hybridized carbons (Fsp3) is 0.407. The molecule has 0 spiro atoms. The zero-order valence-corrected chi connectivity index (χ0v) is 19.9. The van der Waals surface area contributed by atoms with E-state index in [1.165, 1.54) is 10.5 Å². The molecule has 32 heavy (non-hydrogen) atoms. The first kappa shape index (κ1) is 22.3. The zero-order chi connectivity index (χ0) is 23.2. The fourth-order valence-corrected chi connectivity index (χ4v) is 4.52. The molecule has 1 N–H and O–H groups in total. The molecule has 2 heterocycles. The number of hydrogen-bond donors (Lipinski definition) is 1. The minimum absolute atomic E-state index is 0.101. The van der Waals surface area contributed by atoms with Gasteiger partial charge in [0.2, 0.25) is 5.76 Å². The Balaban J connectivity index is 1.88. The summed E-state index contributed by atoms with van der Waals surface area (Å²) in [5.41, 5.74) is 5.12. The van der Waals surface area contributed by atoms with Crippen molar-refractivity contribution in [3.8, 4) is 0 Å². The van der Waals surface area contributed by atoms with Crippen LogP contribution < -0.4 is 10.3 Å². The Morgan fingerprint density at radius 2 is 1.69 bits per heavy atom. The van der Waals surface area contributed by atoms with Crippen LogP contribution in [-0.4, -0.2) is 38.0 Å². The van der Waals surface area contributed by atoms with E-state index in [0.717, 1.165) is 29.7 Å². The van der Waals surface area contributed by atoms with Gasteiger partial charge in [0, 0.05) is 13.0 Å². The number of rotatable bonds is 6. The summed E-state index contributed by atoms with van der Waals surface area (Å²) < 4.78 is 6.11. The van der Waals surface area contributed by atoms with Gasteiger partial charge in [-0.3, -0.25) is 9.59 Å². The summed E-state index contributed by atoms with van der Waals surface area (Å²) in [6.07, 6.45) is 0.856. The minimum Gasteiger partial charge on any atom is -0.450 e. The van der Waals surface area contributed by atoms with Gasteiger partial charge in [0.25, 0.3) is 5.91 Å². The van der Waals surface area contributed by atoms with Crippen LogP contribution in [0.25, 0.3) is 11.0 Å². The van der Waals surface area contributed by atoms with Crippen LogP contribution in [0.4, 0.5) is 0 Å². The molecule has 1 aliphatic heterocycles. The second kappa shape index (κ2) is 8.55. The van der Waals surface area contributed by atoms with Gasteiger partial charge in [-0.25, -0.2) is 0 Å². The molecular formula is C27H33N2O3+. The average Bonchev–Trinajstić information content (AvgIpc) is 3.02. The minimum atomic E-state index is -0.418. The summed E-state index contributed by atoms with van der Waals surface area (Å²) >= 11 is 0. The second-order valence-corrected chi connectivity index (χ2v) is 9.64. The van der Waals surface area contributed by atoms with E-state index >= 15 is 0 Å². The van der Waals surface area contributed by atoms with Gasteiger partial charge >= 0.3 is 0 Å². The van der Waals surface area contributed by atoms with Crippen molar-refractivity contribution in [2.24, 2.45) is 0 Å². The largest absolute Gasteiger partial charge is 0.450 e. The first-order chi connectivity index (χ1) is 15.2. The smallest absolute Gasteiger partial charge is 0.290 e. The van der Waals surface area contributed by atoms with E-state index in [1.807, 2.05) is 30.9 Å². The zero-order valence-electron chi connectivity index (χ0n) is 19.9. The molecule has 3 aromatic rings. The maximum Gasteiger partial charge on any atom is 0.290 e. The van der Waals surface area contributed by atoms with Crippen LogP contribution in [0.3, 0.4) is 0 Å². The predicted molar refractivity (Wildman–Crippen MR) is 128 cm³/mol. The molecule has 0 fully saturated rings. The number of quaternary nitrogens is 1.